The molecular weight excluding hydrogens is 272 g/mol. The van der Waals surface area contributed by atoms with E-state index in [1.807, 2.05) is 36.3 Å². The monoisotopic (exact) mass is 292 g/mol. The molecule has 0 saturated carbocycles. The molecule has 0 N–H and O–H groups in total. The van der Waals surface area contributed by atoms with Gasteiger partial charge in [-0.25, -0.2) is 0 Å². The van der Waals surface area contributed by atoms with E-state index >= 15 is 0 Å². The molecule has 20 heavy (non-hydrogen) atoms. The number of hydrogen-bond acceptors (Lipinski definition) is 4. The number of thiophene rings is 1. The first kappa shape index (κ1) is 15.0. The Bertz CT molecular complexity index is 484. The van der Waals surface area contributed by atoms with Gasteiger partial charge in [0.05, 0.1) is 12.6 Å². The Morgan fingerprint density at radius 2 is 2.25 bits per heavy atom. The van der Waals surface area contributed by atoms with Crippen LogP contribution in [0.1, 0.15) is 31.6 Å². The predicted octanol–water partition coefficient (Wildman–Crippen LogP) is 2.81. The lowest BCUT2D eigenvalue weighted by Gasteiger charge is -2.36. The van der Waals surface area contributed by atoms with Crippen LogP contribution in [-0.2, 0) is 16.1 Å². The largest absolute Gasteiger partial charge is 0.381 e. The SMILES string of the molecule is CC(C)N(Cc1cccs1)C(=O)C1(C#N)CCOCC1. The average Bonchev–Trinajstić information content (AvgIpc) is 2.97. The molecule has 108 valence electrons. The highest BCUT2D eigenvalue weighted by Crippen LogP contribution is 2.33. The summed E-state index contributed by atoms with van der Waals surface area (Å²) in [6, 6.07) is 6.35. The second-order valence-corrected chi connectivity index (χ2v) is 6.44. The summed E-state index contributed by atoms with van der Waals surface area (Å²) in [5.74, 6) is -0.0494. The van der Waals surface area contributed by atoms with Gasteiger partial charge in [0.15, 0.2) is 0 Å². The molecule has 4 nitrogen and oxygen atoms in total. The first-order valence-electron chi connectivity index (χ1n) is 6.91. The normalized spacial score (nSPS) is 17.7. The number of amides is 1. The molecule has 0 atom stereocenters. The van der Waals surface area contributed by atoms with Crippen molar-refractivity contribution in [3.8, 4) is 6.07 Å². The van der Waals surface area contributed by atoms with Gasteiger partial charge in [0.25, 0.3) is 0 Å². The quantitative estimate of drug-likeness (QED) is 0.857. The van der Waals surface area contributed by atoms with Crippen LogP contribution in [0.5, 0.6) is 0 Å². The number of rotatable bonds is 4. The van der Waals surface area contributed by atoms with Crippen molar-refractivity contribution >= 4 is 17.2 Å². The summed E-state index contributed by atoms with van der Waals surface area (Å²) in [5.41, 5.74) is -0.903. The molecule has 0 unspecified atom stereocenters. The van der Waals surface area contributed by atoms with Crippen molar-refractivity contribution < 1.29 is 9.53 Å². The lowest BCUT2D eigenvalue weighted by atomic mass is 9.80. The molecule has 0 aromatic carbocycles. The van der Waals surface area contributed by atoms with Gasteiger partial charge in [-0.3, -0.25) is 4.79 Å². The van der Waals surface area contributed by atoms with Crippen molar-refractivity contribution in [2.75, 3.05) is 13.2 Å². The molecule has 2 heterocycles. The Kier molecular flexibility index (Phi) is 4.79. The number of hydrogen-bond donors (Lipinski definition) is 0. The number of nitriles is 1. The van der Waals surface area contributed by atoms with Crippen LogP contribution >= 0.6 is 11.3 Å². The predicted molar refractivity (Wildman–Crippen MR) is 78.1 cm³/mol. The van der Waals surface area contributed by atoms with Gasteiger partial charge in [-0.2, -0.15) is 5.26 Å². The zero-order valence-corrected chi connectivity index (χ0v) is 12.8. The van der Waals surface area contributed by atoms with Crippen LogP contribution in [0.3, 0.4) is 0 Å². The summed E-state index contributed by atoms with van der Waals surface area (Å²) in [6.45, 7) is 5.55. The fourth-order valence-electron chi connectivity index (χ4n) is 2.43. The maximum Gasteiger partial charge on any atom is 0.243 e. The van der Waals surface area contributed by atoms with Gasteiger partial charge in [0.1, 0.15) is 5.41 Å². The smallest absolute Gasteiger partial charge is 0.243 e. The van der Waals surface area contributed by atoms with Crippen LogP contribution in [0.2, 0.25) is 0 Å². The first-order valence-corrected chi connectivity index (χ1v) is 7.79. The highest BCUT2D eigenvalue weighted by Gasteiger charge is 2.43. The van der Waals surface area contributed by atoms with E-state index in [2.05, 4.69) is 6.07 Å². The zero-order valence-electron chi connectivity index (χ0n) is 12.0. The second kappa shape index (κ2) is 6.38. The molecule has 5 heteroatoms. The Balaban J connectivity index is 2.19. The van der Waals surface area contributed by atoms with Gasteiger partial charge in [0.2, 0.25) is 5.91 Å². The van der Waals surface area contributed by atoms with Crippen molar-refractivity contribution in [2.45, 2.75) is 39.3 Å². The molecule has 2 rings (SSSR count). The molecule has 1 fully saturated rings. The summed E-state index contributed by atoms with van der Waals surface area (Å²) < 4.78 is 5.30. The highest BCUT2D eigenvalue weighted by atomic mass is 32.1. The van der Waals surface area contributed by atoms with E-state index in [4.69, 9.17) is 4.74 Å². The third kappa shape index (κ3) is 3.02. The van der Waals surface area contributed by atoms with Gasteiger partial charge in [0, 0.05) is 24.1 Å². The van der Waals surface area contributed by atoms with Crippen molar-refractivity contribution in [1.82, 2.24) is 4.90 Å². The first-order chi connectivity index (χ1) is 9.59. The Hall–Kier alpha value is -1.38. The fraction of sp³-hybridized carbons (Fsp3) is 0.600. The van der Waals surface area contributed by atoms with Crippen molar-refractivity contribution in [2.24, 2.45) is 5.41 Å². The number of ether oxygens (including phenoxy) is 1. The van der Waals surface area contributed by atoms with E-state index in [9.17, 15) is 10.1 Å². The molecule has 0 aliphatic carbocycles. The van der Waals surface area contributed by atoms with E-state index in [1.165, 1.54) is 0 Å². The summed E-state index contributed by atoms with van der Waals surface area (Å²) in [4.78, 5) is 15.8. The maximum absolute atomic E-state index is 12.9. The van der Waals surface area contributed by atoms with E-state index < -0.39 is 5.41 Å². The van der Waals surface area contributed by atoms with Gasteiger partial charge >= 0.3 is 0 Å². The van der Waals surface area contributed by atoms with E-state index in [1.54, 1.807) is 11.3 Å². The molecule has 1 amide bonds. The Labute approximate surface area is 124 Å². The summed E-state index contributed by atoms with van der Waals surface area (Å²) in [5, 5.41) is 11.5. The van der Waals surface area contributed by atoms with Crippen LogP contribution in [0.4, 0.5) is 0 Å². The number of nitrogens with zero attached hydrogens (tertiary/aromatic N) is 2. The minimum Gasteiger partial charge on any atom is -0.381 e. The van der Waals surface area contributed by atoms with Crippen LogP contribution < -0.4 is 0 Å². The van der Waals surface area contributed by atoms with Crippen LogP contribution in [0, 0.1) is 16.7 Å². The van der Waals surface area contributed by atoms with Crippen LogP contribution in [-0.4, -0.2) is 30.1 Å². The van der Waals surface area contributed by atoms with E-state index in [0.717, 1.165) is 4.88 Å². The molecule has 1 aromatic rings. The molecule has 0 bridgehead atoms. The zero-order chi connectivity index (χ0) is 14.6. The molecule has 0 radical (unpaired) electrons. The third-order valence-electron chi connectivity index (χ3n) is 3.76. The van der Waals surface area contributed by atoms with Crippen LogP contribution in [0.15, 0.2) is 17.5 Å². The summed E-state index contributed by atoms with van der Waals surface area (Å²) in [7, 11) is 0. The third-order valence-corrected chi connectivity index (χ3v) is 4.62. The van der Waals surface area contributed by atoms with Gasteiger partial charge < -0.3 is 9.64 Å². The Morgan fingerprint density at radius 3 is 2.75 bits per heavy atom. The standard InChI is InChI=1S/C15H20N2O2S/c1-12(2)17(10-13-4-3-9-20-13)14(18)15(11-16)5-7-19-8-6-15/h3-4,9,12H,5-8,10H2,1-2H3. The second-order valence-electron chi connectivity index (χ2n) is 5.41. The lowest BCUT2D eigenvalue weighted by Crippen LogP contribution is -2.48. The van der Waals surface area contributed by atoms with Crippen molar-refractivity contribution in [3.05, 3.63) is 22.4 Å². The lowest BCUT2D eigenvalue weighted by molar-refractivity contribution is -0.145. The van der Waals surface area contributed by atoms with Crippen molar-refractivity contribution in [1.29, 1.82) is 5.26 Å². The Morgan fingerprint density at radius 1 is 1.55 bits per heavy atom. The minimum atomic E-state index is -0.903. The average molecular weight is 292 g/mol. The molecular formula is C15H20N2O2S. The summed E-state index contributed by atoms with van der Waals surface area (Å²) >= 11 is 1.64. The maximum atomic E-state index is 12.9. The van der Waals surface area contributed by atoms with Crippen molar-refractivity contribution in [3.63, 3.8) is 0 Å². The van der Waals surface area contributed by atoms with E-state index in [0.29, 0.717) is 32.6 Å². The van der Waals surface area contributed by atoms with Gasteiger partial charge in [-0.05, 0) is 38.1 Å². The molecule has 0 spiro atoms. The molecule has 1 aromatic heterocycles. The molecule has 1 saturated heterocycles. The van der Waals surface area contributed by atoms with Gasteiger partial charge in [-0.1, -0.05) is 6.07 Å². The van der Waals surface area contributed by atoms with Crippen LogP contribution in [0.25, 0.3) is 0 Å². The number of carbonyl (C=O) groups is 1. The molecule has 1 aliphatic rings. The topological polar surface area (TPSA) is 53.3 Å². The summed E-state index contributed by atoms with van der Waals surface area (Å²) in [6.07, 6.45) is 0.992. The van der Waals surface area contributed by atoms with Gasteiger partial charge in [-0.15, -0.1) is 11.3 Å². The highest BCUT2D eigenvalue weighted by molar-refractivity contribution is 7.09. The molecule has 1 aliphatic heterocycles. The number of carbonyl (C=O) groups excluding carboxylic acids is 1. The minimum absolute atomic E-state index is 0.0494. The fourth-order valence-corrected chi connectivity index (χ4v) is 3.13. The van der Waals surface area contributed by atoms with E-state index in [-0.39, 0.29) is 11.9 Å².